The van der Waals surface area contributed by atoms with Crippen molar-refractivity contribution in [3.63, 3.8) is 0 Å². The van der Waals surface area contributed by atoms with E-state index in [0.29, 0.717) is 18.7 Å². The predicted molar refractivity (Wildman–Crippen MR) is 69.4 cm³/mol. The van der Waals surface area contributed by atoms with E-state index < -0.39 is 0 Å². The van der Waals surface area contributed by atoms with Crippen LogP contribution in [0.25, 0.3) is 0 Å². The maximum absolute atomic E-state index is 8.95. The van der Waals surface area contributed by atoms with Crippen molar-refractivity contribution in [2.24, 2.45) is 17.8 Å². The molecular formula is C14H29NO. The van der Waals surface area contributed by atoms with Gasteiger partial charge in [-0.1, -0.05) is 27.2 Å². The second-order valence-electron chi connectivity index (χ2n) is 6.01. The van der Waals surface area contributed by atoms with Gasteiger partial charge in [-0.15, -0.1) is 0 Å². The van der Waals surface area contributed by atoms with Crippen LogP contribution in [0.2, 0.25) is 0 Å². The van der Waals surface area contributed by atoms with Gasteiger partial charge < -0.3 is 10.4 Å². The van der Waals surface area contributed by atoms with E-state index in [0.717, 1.165) is 24.2 Å². The van der Waals surface area contributed by atoms with Gasteiger partial charge in [0, 0.05) is 18.7 Å². The Morgan fingerprint density at radius 2 is 1.94 bits per heavy atom. The third-order valence-electron chi connectivity index (χ3n) is 4.08. The van der Waals surface area contributed by atoms with Crippen molar-refractivity contribution in [3.05, 3.63) is 0 Å². The lowest BCUT2D eigenvalue weighted by Gasteiger charge is -2.39. The number of rotatable bonds is 5. The Bertz CT molecular complexity index is 193. The van der Waals surface area contributed by atoms with E-state index in [2.05, 4.69) is 33.0 Å². The van der Waals surface area contributed by atoms with Crippen LogP contribution in [0.15, 0.2) is 0 Å². The molecule has 0 radical (unpaired) electrons. The zero-order valence-corrected chi connectivity index (χ0v) is 11.4. The van der Waals surface area contributed by atoms with E-state index >= 15 is 0 Å². The van der Waals surface area contributed by atoms with E-state index in [-0.39, 0.29) is 0 Å². The fraction of sp³-hybridized carbons (Fsp3) is 1.00. The van der Waals surface area contributed by atoms with Gasteiger partial charge >= 0.3 is 0 Å². The summed E-state index contributed by atoms with van der Waals surface area (Å²) in [5.41, 5.74) is 0. The summed E-state index contributed by atoms with van der Waals surface area (Å²) < 4.78 is 0. The highest BCUT2D eigenvalue weighted by atomic mass is 16.3. The highest BCUT2D eigenvalue weighted by Gasteiger charge is 2.30. The van der Waals surface area contributed by atoms with Crippen molar-refractivity contribution < 1.29 is 5.11 Å². The van der Waals surface area contributed by atoms with Crippen LogP contribution in [-0.2, 0) is 0 Å². The summed E-state index contributed by atoms with van der Waals surface area (Å²) in [5.74, 6) is 2.44. The maximum Gasteiger partial charge on any atom is 0.0445 e. The van der Waals surface area contributed by atoms with Gasteiger partial charge in [0.05, 0.1) is 0 Å². The molecule has 1 aliphatic rings. The average Bonchev–Trinajstić information content (AvgIpc) is 2.17. The van der Waals surface area contributed by atoms with Crippen LogP contribution in [0.5, 0.6) is 0 Å². The molecule has 0 bridgehead atoms. The molecule has 0 aromatic heterocycles. The van der Waals surface area contributed by atoms with Gasteiger partial charge in [-0.25, -0.2) is 0 Å². The Morgan fingerprint density at radius 1 is 1.25 bits per heavy atom. The van der Waals surface area contributed by atoms with Gasteiger partial charge in [-0.05, 0) is 43.9 Å². The van der Waals surface area contributed by atoms with Crippen molar-refractivity contribution in [3.8, 4) is 0 Å². The summed E-state index contributed by atoms with van der Waals surface area (Å²) in [4.78, 5) is 0. The van der Waals surface area contributed by atoms with Gasteiger partial charge in [0.2, 0.25) is 0 Å². The molecule has 0 spiro atoms. The Hall–Kier alpha value is -0.0800. The fourth-order valence-corrected chi connectivity index (χ4v) is 3.04. The summed E-state index contributed by atoms with van der Waals surface area (Å²) in [6.45, 7) is 9.52. The minimum atomic E-state index is 0.294. The summed E-state index contributed by atoms with van der Waals surface area (Å²) in [6.07, 6.45) is 4.92. The van der Waals surface area contributed by atoms with Crippen molar-refractivity contribution in [2.75, 3.05) is 6.61 Å². The smallest absolute Gasteiger partial charge is 0.0445 e. The maximum atomic E-state index is 8.95. The Labute approximate surface area is 101 Å². The molecule has 1 aliphatic carbocycles. The molecule has 0 aromatic carbocycles. The molecule has 2 nitrogen and oxygen atoms in total. The van der Waals surface area contributed by atoms with Gasteiger partial charge in [-0.3, -0.25) is 0 Å². The van der Waals surface area contributed by atoms with Crippen LogP contribution >= 0.6 is 0 Å². The lowest BCUT2D eigenvalue weighted by molar-refractivity contribution is 0.154. The highest BCUT2D eigenvalue weighted by Crippen LogP contribution is 2.33. The Kier molecular flexibility index (Phi) is 5.77. The molecule has 0 heterocycles. The van der Waals surface area contributed by atoms with Crippen molar-refractivity contribution in [1.29, 1.82) is 0 Å². The quantitative estimate of drug-likeness (QED) is 0.757. The molecule has 2 heteroatoms. The minimum absolute atomic E-state index is 0.294. The average molecular weight is 227 g/mol. The number of nitrogens with one attached hydrogen (secondary N) is 1. The summed E-state index contributed by atoms with van der Waals surface area (Å²) >= 11 is 0. The predicted octanol–water partition coefficient (Wildman–Crippen LogP) is 2.81. The third kappa shape index (κ3) is 4.06. The van der Waals surface area contributed by atoms with Crippen molar-refractivity contribution >= 4 is 0 Å². The number of aliphatic hydroxyl groups excluding tert-OH is 1. The molecule has 2 N–H and O–H groups in total. The lowest BCUT2D eigenvalue weighted by Crippen LogP contribution is -2.46. The molecule has 16 heavy (non-hydrogen) atoms. The second-order valence-corrected chi connectivity index (χ2v) is 6.01. The molecule has 0 aromatic rings. The molecule has 3 unspecified atom stereocenters. The summed E-state index contributed by atoms with van der Waals surface area (Å²) in [6, 6.07) is 1.10. The van der Waals surface area contributed by atoms with Crippen molar-refractivity contribution in [2.45, 2.75) is 65.5 Å². The largest absolute Gasteiger partial charge is 0.396 e. The standard InChI is InChI=1S/C14H29NO/c1-10(2)13-6-5-11(3)9-14(13)15-12(4)7-8-16/h10-16H,5-9H2,1-4H3/t11?,12-,13?,14?/m1/s1. The van der Waals surface area contributed by atoms with E-state index in [1.54, 1.807) is 0 Å². The third-order valence-corrected chi connectivity index (χ3v) is 4.08. The monoisotopic (exact) mass is 227 g/mol. The number of hydrogen-bond donors (Lipinski definition) is 2. The first-order chi connectivity index (χ1) is 7.54. The van der Waals surface area contributed by atoms with E-state index in [4.69, 9.17) is 5.11 Å². The first-order valence-electron chi connectivity index (χ1n) is 6.91. The van der Waals surface area contributed by atoms with Crippen LogP contribution in [0.1, 0.15) is 53.4 Å². The molecular weight excluding hydrogens is 198 g/mol. The fourth-order valence-electron chi connectivity index (χ4n) is 3.04. The molecule has 96 valence electrons. The molecule has 0 saturated heterocycles. The van der Waals surface area contributed by atoms with E-state index in [1.165, 1.54) is 19.3 Å². The highest BCUT2D eigenvalue weighted by molar-refractivity contribution is 4.86. The Balaban J connectivity index is 2.50. The van der Waals surface area contributed by atoms with E-state index in [1.807, 2.05) is 0 Å². The van der Waals surface area contributed by atoms with Crippen LogP contribution in [-0.4, -0.2) is 23.8 Å². The molecule has 0 aliphatic heterocycles. The van der Waals surface area contributed by atoms with Crippen LogP contribution in [0.3, 0.4) is 0 Å². The van der Waals surface area contributed by atoms with Crippen LogP contribution < -0.4 is 5.32 Å². The van der Waals surface area contributed by atoms with Crippen LogP contribution in [0.4, 0.5) is 0 Å². The number of hydrogen-bond acceptors (Lipinski definition) is 2. The second kappa shape index (κ2) is 6.61. The van der Waals surface area contributed by atoms with Gasteiger partial charge in [0.15, 0.2) is 0 Å². The normalized spacial score (nSPS) is 33.0. The topological polar surface area (TPSA) is 32.3 Å². The SMILES string of the molecule is CC1CCC(C(C)C)C(N[C@H](C)CCO)C1. The van der Waals surface area contributed by atoms with Crippen LogP contribution in [0, 0.1) is 17.8 Å². The summed E-state index contributed by atoms with van der Waals surface area (Å²) in [7, 11) is 0. The summed E-state index contributed by atoms with van der Waals surface area (Å²) in [5, 5.41) is 12.7. The zero-order chi connectivity index (χ0) is 12.1. The number of aliphatic hydroxyl groups is 1. The first-order valence-corrected chi connectivity index (χ1v) is 6.91. The lowest BCUT2D eigenvalue weighted by atomic mass is 9.74. The molecule has 1 saturated carbocycles. The Morgan fingerprint density at radius 3 is 2.50 bits per heavy atom. The van der Waals surface area contributed by atoms with Crippen molar-refractivity contribution in [1.82, 2.24) is 5.32 Å². The zero-order valence-electron chi connectivity index (χ0n) is 11.4. The van der Waals surface area contributed by atoms with E-state index in [9.17, 15) is 0 Å². The van der Waals surface area contributed by atoms with Gasteiger partial charge in [0.1, 0.15) is 0 Å². The van der Waals surface area contributed by atoms with Gasteiger partial charge in [0.25, 0.3) is 0 Å². The minimum Gasteiger partial charge on any atom is -0.396 e. The molecule has 0 amide bonds. The van der Waals surface area contributed by atoms with Gasteiger partial charge in [-0.2, -0.15) is 0 Å². The first kappa shape index (κ1) is 14.0. The molecule has 4 atom stereocenters. The molecule has 1 rings (SSSR count). The molecule has 1 fully saturated rings.